The lowest BCUT2D eigenvalue weighted by atomic mass is 10.2. The van der Waals surface area contributed by atoms with E-state index in [1.54, 1.807) is 24.3 Å². The van der Waals surface area contributed by atoms with Crippen LogP contribution in [0.15, 0.2) is 63.5 Å². The van der Waals surface area contributed by atoms with E-state index in [1.165, 1.54) is 0 Å². The SMILES string of the molecule is O=C(Nc1ccc2oc(-c3cc(Br)ccc3Cl)nc2c1)c1cc(I)ccc1I. The first-order chi connectivity index (χ1) is 13.4. The molecular weight excluding hydrogens is 669 g/mol. The van der Waals surface area contributed by atoms with Crippen molar-refractivity contribution in [1.82, 2.24) is 4.98 Å². The van der Waals surface area contributed by atoms with Crippen LogP contribution in [0.4, 0.5) is 5.69 Å². The molecule has 0 fully saturated rings. The first-order valence-electron chi connectivity index (χ1n) is 8.03. The maximum absolute atomic E-state index is 12.6. The van der Waals surface area contributed by atoms with Crippen molar-refractivity contribution in [2.45, 2.75) is 0 Å². The zero-order chi connectivity index (χ0) is 19.8. The van der Waals surface area contributed by atoms with Crippen molar-refractivity contribution in [2.24, 2.45) is 0 Å². The van der Waals surface area contributed by atoms with E-state index in [4.69, 9.17) is 16.0 Å². The van der Waals surface area contributed by atoms with E-state index in [9.17, 15) is 4.79 Å². The van der Waals surface area contributed by atoms with Crippen LogP contribution in [0.25, 0.3) is 22.6 Å². The number of carbonyl (C=O) groups is 1. The van der Waals surface area contributed by atoms with E-state index in [2.05, 4.69) is 71.4 Å². The highest BCUT2D eigenvalue weighted by atomic mass is 127. The molecule has 1 aromatic heterocycles. The zero-order valence-electron chi connectivity index (χ0n) is 14.0. The largest absolute Gasteiger partial charge is 0.436 e. The number of oxazole rings is 1. The Balaban J connectivity index is 1.66. The molecule has 0 aliphatic heterocycles. The molecule has 28 heavy (non-hydrogen) atoms. The fraction of sp³-hybridized carbons (Fsp3) is 0. The van der Waals surface area contributed by atoms with Crippen LogP contribution in [0.3, 0.4) is 0 Å². The fourth-order valence-electron chi connectivity index (χ4n) is 2.65. The standard InChI is InChI=1S/C20H10BrClI2N2O2/c21-10-1-4-15(22)13(7-10)20-26-17-9-12(3-6-18(17)28-20)25-19(27)14-8-11(23)2-5-16(14)24/h1-9H,(H,25,27). The van der Waals surface area contributed by atoms with Gasteiger partial charge in [0, 0.05) is 17.3 Å². The quantitative estimate of drug-likeness (QED) is 0.230. The molecule has 0 radical (unpaired) electrons. The van der Waals surface area contributed by atoms with Crippen molar-refractivity contribution >= 4 is 95.4 Å². The van der Waals surface area contributed by atoms with Gasteiger partial charge in [0.15, 0.2) is 5.58 Å². The van der Waals surface area contributed by atoms with Crippen LogP contribution in [0.5, 0.6) is 0 Å². The number of rotatable bonds is 3. The van der Waals surface area contributed by atoms with Crippen molar-refractivity contribution < 1.29 is 9.21 Å². The van der Waals surface area contributed by atoms with Crippen LogP contribution in [0.1, 0.15) is 10.4 Å². The lowest BCUT2D eigenvalue weighted by molar-refractivity contribution is 0.102. The normalized spacial score (nSPS) is 11.0. The number of carbonyl (C=O) groups excluding carboxylic acids is 1. The van der Waals surface area contributed by atoms with Gasteiger partial charge in [-0.05, 0) is 99.8 Å². The molecule has 8 heteroatoms. The van der Waals surface area contributed by atoms with Gasteiger partial charge in [0.05, 0.1) is 16.1 Å². The molecule has 3 aromatic carbocycles. The van der Waals surface area contributed by atoms with E-state index in [1.807, 2.05) is 30.3 Å². The van der Waals surface area contributed by atoms with E-state index >= 15 is 0 Å². The maximum atomic E-state index is 12.6. The number of anilines is 1. The minimum absolute atomic E-state index is 0.166. The van der Waals surface area contributed by atoms with Crippen molar-refractivity contribution in [3.05, 3.63) is 76.8 Å². The summed E-state index contributed by atoms with van der Waals surface area (Å²) in [6, 6.07) is 16.6. The first-order valence-corrected chi connectivity index (χ1v) is 11.4. The lowest BCUT2D eigenvalue weighted by Gasteiger charge is -2.07. The molecule has 0 spiro atoms. The number of halogens is 4. The van der Waals surface area contributed by atoms with Crippen LogP contribution in [-0.2, 0) is 0 Å². The summed E-state index contributed by atoms with van der Waals surface area (Å²) in [4.78, 5) is 17.2. The van der Waals surface area contributed by atoms with Gasteiger partial charge in [-0.1, -0.05) is 27.5 Å². The molecule has 0 atom stereocenters. The third kappa shape index (κ3) is 4.22. The molecule has 4 rings (SSSR count). The monoisotopic (exact) mass is 678 g/mol. The van der Waals surface area contributed by atoms with Gasteiger partial charge in [-0.15, -0.1) is 0 Å². The molecule has 0 bridgehead atoms. The summed E-state index contributed by atoms with van der Waals surface area (Å²) >= 11 is 14.1. The second-order valence-corrected chi connectivity index (χ2v) is 9.63. The Hall–Kier alpha value is -1.17. The molecule has 0 saturated carbocycles. The van der Waals surface area contributed by atoms with Gasteiger partial charge in [0.25, 0.3) is 5.91 Å². The molecule has 0 aliphatic rings. The number of benzene rings is 3. The van der Waals surface area contributed by atoms with Crippen LogP contribution >= 0.6 is 72.7 Å². The molecular formula is C20H10BrClI2N2O2. The Labute approximate surface area is 201 Å². The highest BCUT2D eigenvalue weighted by Crippen LogP contribution is 2.33. The van der Waals surface area contributed by atoms with Gasteiger partial charge < -0.3 is 9.73 Å². The average Bonchev–Trinajstić information content (AvgIpc) is 3.08. The van der Waals surface area contributed by atoms with E-state index < -0.39 is 0 Å². The number of hydrogen-bond donors (Lipinski definition) is 1. The number of nitrogens with one attached hydrogen (secondary N) is 1. The first kappa shape index (κ1) is 20.1. The molecule has 1 heterocycles. The Morgan fingerprint density at radius 3 is 2.71 bits per heavy atom. The number of aromatic nitrogens is 1. The summed E-state index contributed by atoms with van der Waals surface area (Å²) < 4.78 is 8.62. The van der Waals surface area contributed by atoms with Gasteiger partial charge in [-0.25, -0.2) is 4.98 Å². The third-order valence-corrected chi connectivity index (χ3v) is 6.41. The molecule has 0 saturated heterocycles. The van der Waals surface area contributed by atoms with Crippen LogP contribution in [0, 0.1) is 7.14 Å². The van der Waals surface area contributed by atoms with E-state index in [0.29, 0.717) is 38.8 Å². The van der Waals surface area contributed by atoms with Crippen molar-refractivity contribution in [3.8, 4) is 11.5 Å². The minimum atomic E-state index is -0.166. The molecule has 140 valence electrons. The summed E-state index contributed by atoms with van der Waals surface area (Å²) in [6.07, 6.45) is 0. The average molecular weight is 679 g/mol. The summed E-state index contributed by atoms with van der Waals surface area (Å²) in [7, 11) is 0. The number of hydrogen-bond acceptors (Lipinski definition) is 3. The van der Waals surface area contributed by atoms with Crippen LogP contribution < -0.4 is 5.32 Å². The number of amides is 1. The Morgan fingerprint density at radius 2 is 1.89 bits per heavy atom. The van der Waals surface area contributed by atoms with Crippen molar-refractivity contribution in [3.63, 3.8) is 0 Å². The molecule has 0 unspecified atom stereocenters. The molecule has 4 nitrogen and oxygen atoms in total. The van der Waals surface area contributed by atoms with Gasteiger partial charge in [-0.2, -0.15) is 0 Å². The van der Waals surface area contributed by atoms with Crippen LogP contribution in [-0.4, -0.2) is 10.9 Å². The highest BCUT2D eigenvalue weighted by molar-refractivity contribution is 14.1. The summed E-state index contributed by atoms with van der Waals surface area (Å²) in [5, 5.41) is 3.48. The van der Waals surface area contributed by atoms with Crippen LogP contribution in [0.2, 0.25) is 5.02 Å². The van der Waals surface area contributed by atoms with E-state index in [0.717, 1.165) is 11.6 Å². The predicted molar refractivity (Wildman–Crippen MR) is 132 cm³/mol. The second-order valence-electron chi connectivity index (χ2n) is 5.90. The fourth-order valence-corrected chi connectivity index (χ4v) is 4.28. The third-order valence-electron chi connectivity index (χ3n) is 3.98. The maximum Gasteiger partial charge on any atom is 0.256 e. The Bertz CT molecular complexity index is 1230. The lowest BCUT2D eigenvalue weighted by Crippen LogP contribution is -2.13. The van der Waals surface area contributed by atoms with Gasteiger partial charge in [0.1, 0.15) is 5.52 Å². The van der Waals surface area contributed by atoms with Gasteiger partial charge in [0.2, 0.25) is 5.89 Å². The van der Waals surface area contributed by atoms with E-state index in [-0.39, 0.29) is 5.91 Å². The number of fused-ring (bicyclic) bond motifs is 1. The Morgan fingerprint density at radius 1 is 1.07 bits per heavy atom. The molecule has 1 N–H and O–H groups in total. The Kier molecular flexibility index (Phi) is 5.96. The van der Waals surface area contributed by atoms with Crippen molar-refractivity contribution in [2.75, 3.05) is 5.32 Å². The minimum Gasteiger partial charge on any atom is -0.436 e. The molecule has 4 aromatic rings. The van der Waals surface area contributed by atoms with Crippen molar-refractivity contribution in [1.29, 1.82) is 0 Å². The van der Waals surface area contributed by atoms with Gasteiger partial charge in [-0.3, -0.25) is 4.79 Å². The zero-order valence-corrected chi connectivity index (χ0v) is 20.6. The molecule has 0 aliphatic carbocycles. The number of nitrogens with zero attached hydrogens (tertiary/aromatic N) is 1. The summed E-state index contributed by atoms with van der Waals surface area (Å²) in [6.45, 7) is 0. The smallest absolute Gasteiger partial charge is 0.256 e. The second kappa shape index (κ2) is 8.29. The summed E-state index contributed by atoms with van der Waals surface area (Å²) in [5.41, 5.74) is 3.24. The topological polar surface area (TPSA) is 55.1 Å². The summed E-state index contributed by atoms with van der Waals surface area (Å²) in [5.74, 6) is 0.262. The molecule has 1 amide bonds. The van der Waals surface area contributed by atoms with Gasteiger partial charge >= 0.3 is 0 Å². The predicted octanol–water partition coefficient (Wildman–Crippen LogP) is 7.37. The highest BCUT2D eigenvalue weighted by Gasteiger charge is 2.15.